The van der Waals surface area contributed by atoms with Crippen LogP contribution in [0.25, 0.3) is 0 Å². The first kappa shape index (κ1) is 24.1. The Hall–Kier alpha value is -3.58. The van der Waals surface area contributed by atoms with Gasteiger partial charge in [0.05, 0.1) is 30.8 Å². The zero-order chi connectivity index (χ0) is 24.4. The predicted octanol–water partition coefficient (Wildman–Crippen LogP) is 2.61. The molecule has 0 saturated carbocycles. The van der Waals surface area contributed by atoms with E-state index in [0.717, 1.165) is 11.8 Å². The highest BCUT2D eigenvalue weighted by molar-refractivity contribution is 7.92. The van der Waals surface area contributed by atoms with Gasteiger partial charge < -0.3 is 4.74 Å². The summed E-state index contributed by atoms with van der Waals surface area (Å²) < 4.78 is 30.7. The van der Waals surface area contributed by atoms with Gasteiger partial charge in [-0.2, -0.15) is 0 Å². The second kappa shape index (κ2) is 9.11. The minimum Gasteiger partial charge on any atom is -0.495 e. The first-order valence-corrected chi connectivity index (χ1v) is 12.1. The van der Waals surface area contributed by atoms with E-state index >= 15 is 0 Å². The Balaban J connectivity index is 2.04. The smallest absolute Gasteiger partial charge is 0.328 e. The molecule has 2 N–H and O–H groups in total. The van der Waals surface area contributed by atoms with Crippen molar-refractivity contribution in [3.05, 3.63) is 47.3 Å². The summed E-state index contributed by atoms with van der Waals surface area (Å²) >= 11 is 0. The van der Waals surface area contributed by atoms with Crippen LogP contribution >= 0.6 is 0 Å². The van der Waals surface area contributed by atoms with E-state index in [9.17, 15) is 18.0 Å². The molecule has 33 heavy (non-hydrogen) atoms. The summed E-state index contributed by atoms with van der Waals surface area (Å²) in [7, 11) is -1.84. The second-order valence-corrected chi connectivity index (χ2v) is 10.4. The van der Waals surface area contributed by atoms with Crippen LogP contribution in [0.3, 0.4) is 0 Å². The van der Waals surface area contributed by atoms with Crippen LogP contribution in [-0.4, -0.2) is 45.3 Å². The summed E-state index contributed by atoms with van der Waals surface area (Å²) in [4.78, 5) is 29.7. The molecule has 1 aliphatic rings. The predicted molar refractivity (Wildman–Crippen MR) is 126 cm³/mol. The topological polar surface area (TPSA) is 118 Å². The number of rotatable bonds is 4. The Bertz CT molecular complexity index is 1250. The maximum absolute atomic E-state index is 12.4. The number of nitrogens with zero attached hydrogens (tertiary/aromatic N) is 2. The highest BCUT2D eigenvalue weighted by Crippen LogP contribution is 2.38. The van der Waals surface area contributed by atoms with E-state index in [4.69, 9.17) is 4.74 Å². The fraction of sp³-hybridized carbons (Fsp3) is 0.348. The van der Waals surface area contributed by atoms with Gasteiger partial charge in [0, 0.05) is 24.2 Å². The summed E-state index contributed by atoms with van der Waals surface area (Å²) in [5.74, 6) is 6.30. The van der Waals surface area contributed by atoms with E-state index in [-0.39, 0.29) is 24.3 Å². The zero-order valence-electron chi connectivity index (χ0n) is 19.1. The van der Waals surface area contributed by atoms with Crippen molar-refractivity contribution in [3.8, 4) is 17.6 Å². The largest absolute Gasteiger partial charge is 0.495 e. The number of aromatic nitrogens is 1. The Morgan fingerprint density at radius 2 is 1.91 bits per heavy atom. The average Bonchev–Trinajstić information content (AvgIpc) is 2.71. The molecule has 1 aliphatic heterocycles. The molecular formula is C23H26N4O5S. The van der Waals surface area contributed by atoms with Gasteiger partial charge in [-0.1, -0.05) is 26.7 Å². The number of amides is 3. The number of benzene rings is 1. The summed E-state index contributed by atoms with van der Waals surface area (Å²) in [5, 5.41) is 2.34. The molecule has 3 rings (SSSR count). The van der Waals surface area contributed by atoms with Gasteiger partial charge in [0.15, 0.2) is 0 Å². The number of hydrogen-bond donors (Lipinski definition) is 2. The van der Waals surface area contributed by atoms with Crippen molar-refractivity contribution in [2.45, 2.75) is 32.6 Å². The number of anilines is 2. The number of hydrogen-bond acceptors (Lipinski definition) is 6. The number of carbonyl (C=O) groups excluding carboxylic acids is 2. The van der Waals surface area contributed by atoms with E-state index in [1.54, 1.807) is 25.3 Å². The second-order valence-electron chi connectivity index (χ2n) is 8.64. The van der Waals surface area contributed by atoms with Gasteiger partial charge in [0.1, 0.15) is 11.4 Å². The quantitative estimate of drug-likeness (QED) is 0.664. The van der Waals surface area contributed by atoms with Crippen molar-refractivity contribution >= 4 is 33.3 Å². The van der Waals surface area contributed by atoms with Crippen LogP contribution in [0.15, 0.2) is 30.5 Å². The molecule has 1 fully saturated rings. The number of nitrogens with one attached hydrogen (secondary N) is 2. The summed E-state index contributed by atoms with van der Waals surface area (Å²) in [6, 6.07) is 6.32. The molecule has 0 radical (unpaired) electrons. The summed E-state index contributed by atoms with van der Waals surface area (Å²) in [6.45, 7) is 6.35. The lowest BCUT2D eigenvalue weighted by Gasteiger charge is -2.30. The molecule has 174 valence electrons. The first-order chi connectivity index (χ1) is 15.4. The van der Waals surface area contributed by atoms with E-state index in [0.29, 0.717) is 28.4 Å². The lowest BCUT2D eigenvalue weighted by Crippen LogP contribution is -2.49. The molecule has 1 saturated heterocycles. The van der Waals surface area contributed by atoms with Crippen molar-refractivity contribution in [1.29, 1.82) is 0 Å². The van der Waals surface area contributed by atoms with Crippen LogP contribution in [-0.2, 0) is 20.2 Å². The van der Waals surface area contributed by atoms with Crippen LogP contribution < -0.4 is 19.7 Å². The molecule has 3 amide bonds. The molecule has 0 atom stereocenters. The Labute approximate surface area is 193 Å². The standard InChI is InChI=1S/C23H26N4O5S/c1-23(2,3)19-13-18(27-11-10-20(28)25-22(27)29)12-15(21(19)32-4)6-7-16-8-9-17(14-24-16)26-33(5,30)31/h8-9,12-14,26H,10-11H2,1-5H3,(H,25,28,29). The molecule has 0 spiro atoms. The highest BCUT2D eigenvalue weighted by Gasteiger charge is 2.28. The van der Waals surface area contributed by atoms with Gasteiger partial charge in [-0.25, -0.2) is 18.2 Å². The SMILES string of the molecule is COc1c(C#Cc2ccc(NS(C)(=O)=O)cn2)cc(N2CCC(=O)NC2=O)cc1C(C)(C)C. The number of sulfonamides is 1. The first-order valence-electron chi connectivity index (χ1n) is 10.2. The Kier molecular flexibility index (Phi) is 6.65. The van der Waals surface area contributed by atoms with E-state index < -0.39 is 16.1 Å². The number of urea groups is 1. The van der Waals surface area contributed by atoms with E-state index in [1.807, 2.05) is 26.8 Å². The van der Waals surface area contributed by atoms with Gasteiger partial charge in [-0.3, -0.25) is 19.7 Å². The minimum absolute atomic E-state index is 0.210. The van der Waals surface area contributed by atoms with Crippen LogP contribution in [0.1, 0.15) is 44.0 Å². The molecule has 2 heterocycles. The third-order valence-corrected chi connectivity index (χ3v) is 5.45. The normalized spacial score (nSPS) is 14.3. The molecule has 1 aromatic heterocycles. The molecule has 2 aromatic rings. The number of ether oxygens (including phenoxy) is 1. The van der Waals surface area contributed by atoms with Crippen LogP contribution in [0, 0.1) is 11.8 Å². The molecule has 0 unspecified atom stereocenters. The number of imide groups is 1. The summed E-state index contributed by atoms with van der Waals surface area (Å²) in [6.07, 6.45) is 2.65. The van der Waals surface area contributed by atoms with Crippen molar-refractivity contribution in [3.63, 3.8) is 0 Å². The maximum Gasteiger partial charge on any atom is 0.328 e. The highest BCUT2D eigenvalue weighted by atomic mass is 32.2. The fourth-order valence-electron chi connectivity index (χ4n) is 3.32. The fourth-order valence-corrected chi connectivity index (χ4v) is 3.87. The molecule has 0 aliphatic carbocycles. The van der Waals surface area contributed by atoms with Crippen molar-refractivity contribution in [1.82, 2.24) is 10.3 Å². The number of pyridine rings is 1. The number of methoxy groups -OCH3 is 1. The Morgan fingerprint density at radius 1 is 1.18 bits per heavy atom. The van der Waals surface area contributed by atoms with Gasteiger partial charge in [-0.15, -0.1) is 0 Å². The molecule has 1 aromatic carbocycles. The van der Waals surface area contributed by atoms with Crippen LogP contribution in [0.4, 0.5) is 16.2 Å². The summed E-state index contributed by atoms with van der Waals surface area (Å²) in [5.41, 5.74) is 2.48. The van der Waals surface area contributed by atoms with Gasteiger partial charge >= 0.3 is 6.03 Å². The van der Waals surface area contributed by atoms with E-state index in [2.05, 4.69) is 26.9 Å². The van der Waals surface area contributed by atoms with Crippen molar-refractivity contribution in [2.75, 3.05) is 29.5 Å². The van der Waals surface area contributed by atoms with Crippen LogP contribution in [0.2, 0.25) is 0 Å². The van der Waals surface area contributed by atoms with Gasteiger partial charge in [0.2, 0.25) is 15.9 Å². The van der Waals surface area contributed by atoms with Gasteiger partial charge in [-0.05, 0) is 35.6 Å². The molecule has 10 heteroatoms. The zero-order valence-corrected chi connectivity index (χ0v) is 20.0. The van der Waals surface area contributed by atoms with Gasteiger partial charge in [0.25, 0.3) is 0 Å². The van der Waals surface area contributed by atoms with E-state index in [1.165, 1.54) is 11.1 Å². The van der Waals surface area contributed by atoms with Crippen molar-refractivity contribution < 1.29 is 22.7 Å². The molecular weight excluding hydrogens is 444 g/mol. The lowest BCUT2D eigenvalue weighted by atomic mass is 9.84. The number of carbonyl (C=O) groups is 2. The maximum atomic E-state index is 12.4. The monoisotopic (exact) mass is 470 g/mol. The molecule has 0 bridgehead atoms. The minimum atomic E-state index is -3.40. The lowest BCUT2D eigenvalue weighted by molar-refractivity contribution is -0.120. The Morgan fingerprint density at radius 3 is 2.45 bits per heavy atom. The average molecular weight is 471 g/mol. The van der Waals surface area contributed by atoms with Crippen molar-refractivity contribution in [2.24, 2.45) is 0 Å². The molecule has 9 nitrogen and oxygen atoms in total. The third kappa shape index (κ3) is 6.02. The van der Waals surface area contributed by atoms with Crippen LogP contribution in [0.5, 0.6) is 5.75 Å². The third-order valence-electron chi connectivity index (χ3n) is 4.84.